The van der Waals surface area contributed by atoms with Gasteiger partial charge in [-0.3, -0.25) is 9.69 Å². The molecule has 0 aromatic heterocycles. The summed E-state index contributed by atoms with van der Waals surface area (Å²) in [4.78, 5) is 18.6. The number of amidine groups is 1. The Balaban J connectivity index is 1.87. The van der Waals surface area contributed by atoms with Crippen LogP contribution >= 0.6 is 0 Å². The van der Waals surface area contributed by atoms with Gasteiger partial charge in [-0.15, -0.1) is 0 Å². The number of aliphatic hydroxyl groups is 1. The number of carbonyl (C=O) groups excluding carboxylic acids is 1. The van der Waals surface area contributed by atoms with Gasteiger partial charge in [-0.2, -0.15) is 0 Å². The highest BCUT2D eigenvalue weighted by atomic mass is 16.3. The number of ketones is 1. The van der Waals surface area contributed by atoms with Crippen molar-refractivity contribution in [2.45, 2.75) is 25.5 Å². The van der Waals surface area contributed by atoms with Crippen LogP contribution in [0.2, 0.25) is 0 Å². The van der Waals surface area contributed by atoms with Crippen molar-refractivity contribution in [1.29, 1.82) is 0 Å². The number of anilines is 1. The van der Waals surface area contributed by atoms with Crippen LogP contribution in [-0.2, 0) is 11.2 Å². The molecule has 1 N–H and O–H groups in total. The van der Waals surface area contributed by atoms with Gasteiger partial charge < -0.3 is 5.11 Å². The lowest BCUT2D eigenvalue weighted by atomic mass is 9.85. The third-order valence-electron chi connectivity index (χ3n) is 4.37. The molecule has 3 aliphatic heterocycles. The van der Waals surface area contributed by atoms with E-state index in [1.807, 2.05) is 49.4 Å². The fourth-order valence-corrected chi connectivity index (χ4v) is 3.19. The molecule has 2 aromatic carbocycles. The molecule has 0 aliphatic carbocycles. The van der Waals surface area contributed by atoms with Crippen LogP contribution in [0.25, 0.3) is 0 Å². The van der Waals surface area contributed by atoms with Gasteiger partial charge in [0.25, 0.3) is 5.78 Å². The van der Waals surface area contributed by atoms with Gasteiger partial charge in [0, 0.05) is 12.1 Å². The average molecular weight is 292 g/mol. The van der Waals surface area contributed by atoms with Gasteiger partial charge in [-0.25, -0.2) is 4.99 Å². The third-order valence-corrected chi connectivity index (χ3v) is 4.37. The van der Waals surface area contributed by atoms with Crippen molar-refractivity contribution in [3.8, 4) is 0 Å². The fraction of sp³-hybridized carbons (Fsp3) is 0.222. The Labute approximate surface area is 128 Å². The molecule has 4 heteroatoms. The molecule has 3 aliphatic rings. The van der Waals surface area contributed by atoms with Crippen LogP contribution in [0.4, 0.5) is 11.4 Å². The normalized spacial score (nSPS) is 23.1. The SMILES string of the molecule is Cc1ccc2c(c1)CC[C@]1(O)C(=O)C(=N2)N1c1ccccc1. The summed E-state index contributed by atoms with van der Waals surface area (Å²) in [6.07, 6.45) is 0.996. The molecule has 2 bridgehead atoms. The maximum atomic E-state index is 12.4. The summed E-state index contributed by atoms with van der Waals surface area (Å²) in [7, 11) is 0. The highest BCUT2D eigenvalue weighted by Crippen LogP contribution is 2.40. The molecule has 3 heterocycles. The van der Waals surface area contributed by atoms with Crippen molar-refractivity contribution in [1.82, 2.24) is 0 Å². The molecule has 22 heavy (non-hydrogen) atoms. The quantitative estimate of drug-likeness (QED) is 0.879. The van der Waals surface area contributed by atoms with E-state index >= 15 is 0 Å². The Morgan fingerprint density at radius 1 is 1.18 bits per heavy atom. The minimum Gasteiger partial charge on any atom is -0.364 e. The van der Waals surface area contributed by atoms with Gasteiger partial charge in [0.05, 0.1) is 5.69 Å². The number of fused-ring (bicyclic) bond motifs is 1. The Hall–Kier alpha value is -2.46. The summed E-state index contributed by atoms with van der Waals surface area (Å²) in [5.41, 5.74) is 2.37. The molecule has 110 valence electrons. The van der Waals surface area contributed by atoms with E-state index in [9.17, 15) is 9.90 Å². The van der Waals surface area contributed by atoms with Crippen molar-refractivity contribution < 1.29 is 9.90 Å². The monoisotopic (exact) mass is 292 g/mol. The summed E-state index contributed by atoms with van der Waals surface area (Å²) in [5.74, 6) is 0.0288. The van der Waals surface area contributed by atoms with E-state index in [0.29, 0.717) is 18.7 Å². The number of aliphatic imine (C=N–C) groups is 1. The molecule has 0 amide bonds. The van der Waals surface area contributed by atoms with Gasteiger partial charge in [0.2, 0.25) is 5.72 Å². The van der Waals surface area contributed by atoms with Crippen LogP contribution in [0.5, 0.6) is 0 Å². The van der Waals surface area contributed by atoms with Crippen LogP contribution < -0.4 is 4.90 Å². The largest absolute Gasteiger partial charge is 0.364 e. The minimum atomic E-state index is -1.47. The topological polar surface area (TPSA) is 52.9 Å². The van der Waals surface area contributed by atoms with Gasteiger partial charge in [0.1, 0.15) is 0 Å². The Morgan fingerprint density at radius 3 is 2.73 bits per heavy atom. The van der Waals surface area contributed by atoms with Crippen molar-refractivity contribution in [2.24, 2.45) is 4.99 Å². The number of nitrogens with zero attached hydrogens (tertiary/aromatic N) is 2. The lowest BCUT2D eigenvalue weighted by molar-refractivity contribution is -0.135. The van der Waals surface area contributed by atoms with Crippen molar-refractivity contribution >= 4 is 23.0 Å². The van der Waals surface area contributed by atoms with Gasteiger partial charge in [0.15, 0.2) is 5.84 Å². The predicted molar refractivity (Wildman–Crippen MR) is 85.5 cm³/mol. The Morgan fingerprint density at radius 2 is 1.95 bits per heavy atom. The van der Waals surface area contributed by atoms with Crippen LogP contribution in [0, 0.1) is 6.92 Å². The number of hydrogen-bond acceptors (Lipinski definition) is 4. The molecule has 1 saturated heterocycles. The van der Waals surface area contributed by atoms with Gasteiger partial charge >= 0.3 is 0 Å². The van der Waals surface area contributed by atoms with Crippen LogP contribution in [-0.4, -0.2) is 22.5 Å². The van der Waals surface area contributed by atoms with Crippen molar-refractivity contribution in [3.05, 3.63) is 59.7 Å². The first-order chi connectivity index (χ1) is 10.6. The van der Waals surface area contributed by atoms with E-state index in [1.54, 1.807) is 4.90 Å². The molecule has 1 fully saturated rings. The maximum absolute atomic E-state index is 12.4. The predicted octanol–water partition coefficient (Wildman–Crippen LogP) is 2.75. The summed E-state index contributed by atoms with van der Waals surface area (Å²) < 4.78 is 0. The average Bonchev–Trinajstić information content (AvgIpc) is 2.53. The lowest BCUT2D eigenvalue weighted by Gasteiger charge is -2.49. The molecule has 0 unspecified atom stereocenters. The number of benzene rings is 2. The number of aryl methyl sites for hydroxylation is 2. The summed E-state index contributed by atoms with van der Waals surface area (Å²) >= 11 is 0. The van der Waals surface area contributed by atoms with E-state index < -0.39 is 5.72 Å². The van der Waals surface area contributed by atoms with E-state index in [2.05, 4.69) is 11.1 Å². The van der Waals surface area contributed by atoms with Crippen molar-refractivity contribution in [2.75, 3.05) is 4.90 Å². The highest BCUT2D eigenvalue weighted by molar-refractivity contribution is 6.55. The van der Waals surface area contributed by atoms with E-state index in [-0.39, 0.29) is 5.78 Å². The van der Waals surface area contributed by atoms with E-state index in [0.717, 1.165) is 22.5 Å². The second kappa shape index (κ2) is 4.52. The standard InChI is InChI=1S/C18H16N2O2/c1-12-7-8-15-13(11-12)9-10-18(22)16(21)17(19-15)20(18)14-5-3-2-4-6-14/h2-8,11,22H,9-10H2,1H3/t18-/m0/s1. The summed E-state index contributed by atoms with van der Waals surface area (Å²) in [5, 5.41) is 10.8. The fourth-order valence-electron chi connectivity index (χ4n) is 3.19. The molecule has 0 saturated carbocycles. The number of para-hydroxylation sites is 1. The zero-order chi connectivity index (χ0) is 15.3. The maximum Gasteiger partial charge on any atom is 0.251 e. The number of carbonyl (C=O) groups is 1. The second-order valence-corrected chi connectivity index (χ2v) is 5.88. The second-order valence-electron chi connectivity index (χ2n) is 5.88. The molecule has 0 radical (unpaired) electrons. The number of hydrogen-bond donors (Lipinski definition) is 1. The first-order valence-electron chi connectivity index (χ1n) is 7.40. The molecule has 5 rings (SSSR count). The minimum absolute atomic E-state index is 0.289. The zero-order valence-electron chi connectivity index (χ0n) is 12.3. The van der Waals surface area contributed by atoms with Crippen LogP contribution in [0.15, 0.2) is 53.5 Å². The zero-order valence-corrected chi connectivity index (χ0v) is 12.3. The molecule has 1 atom stereocenters. The Kier molecular flexibility index (Phi) is 2.71. The first kappa shape index (κ1) is 13.2. The Bertz CT molecular complexity index is 798. The molecule has 2 aromatic rings. The molecule has 0 spiro atoms. The lowest BCUT2D eigenvalue weighted by Crippen LogP contribution is -2.73. The molecular weight excluding hydrogens is 276 g/mol. The van der Waals surface area contributed by atoms with E-state index in [1.165, 1.54) is 0 Å². The molecular formula is C18H16N2O2. The summed E-state index contributed by atoms with van der Waals surface area (Å²) in [6, 6.07) is 15.5. The highest BCUT2D eigenvalue weighted by Gasteiger charge is 2.58. The smallest absolute Gasteiger partial charge is 0.251 e. The number of rotatable bonds is 1. The van der Waals surface area contributed by atoms with E-state index in [4.69, 9.17) is 0 Å². The van der Waals surface area contributed by atoms with Crippen molar-refractivity contribution in [3.63, 3.8) is 0 Å². The van der Waals surface area contributed by atoms with Gasteiger partial charge in [-0.05, 0) is 37.1 Å². The first-order valence-corrected chi connectivity index (χ1v) is 7.40. The van der Waals surface area contributed by atoms with Gasteiger partial charge in [-0.1, -0.05) is 35.9 Å². The van der Waals surface area contributed by atoms with Crippen LogP contribution in [0.1, 0.15) is 17.5 Å². The third kappa shape index (κ3) is 1.74. The van der Waals surface area contributed by atoms with Crippen LogP contribution in [0.3, 0.4) is 0 Å². The molecule has 4 nitrogen and oxygen atoms in total. The summed E-state index contributed by atoms with van der Waals surface area (Å²) in [6.45, 7) is 2.03. The number of Topliss-reactive ketones (excluding diaryl/α,β-unsaturated/α-hetero) is 1.